The molecule has 0 radical (unpaired) electrons. The Bertz CT molecular complexity index is 390. The fraction of sp³-hybridized carbons (Fsp3) is 0.875. The molecule has 1 saturated carbocycles. The standard InChI is InChI=1S/C16H31N5O/c1-17-16(18-10-15(22)20(2)3)19-14-8-9-21(12-14)11-13-6-4-5-7-13/h13-14H,4-12H2,1-3H3,(H2,17,18,19). The predicted molar refractivity (Wildman–Crippen MR) is 90.0 cm³/mol. The molecule has 126 valence electrons. The molecule has 2 N–H and O–H groups in total. The molecule has 6 heteroatoms. The third-order valence-electron chi connectivity index (χ3n) is 4.73. The van der Waals surface area contributed by atoms with Crippen molar-refractivity contribution >= 4 is 11.9 Å². The van der Waals surface area contributed by atoms with Crippen molar-refractivity contribution in [2.24, 2.45) is 10.9 Å². The summed E-state index contributed by atoms with van der Waals surface area (Å²) in [5.41, 5.74) is 0. The summed E-state index contributed by atoms with van der Waals surface area (Å²) < 4.78 is 0. The van der Waals surface area contributed by atoms with Gasteiger partial charge < -0.3 is 20.4 Å². The number of nitrogens with zero attached hydrogens (tertiary/aromatic N) is 3. The van der Waals surface area contributed by atoms with E-state index in [9.17, 15) is 4.79 Å². The van der Waals surface area contributed by atoms with Crippen molar-refractivity contribution in [2.75, 3.05) is 47.3 Å². The molecule has 1 atom stereocenters. The summed E-state index contributed by atoms with van der Waals surface area (Å²) in [7, 11) is 5.27. The van der Waals surface area contributed by atoms with Gasteiger partial charge >= 0.3 is 0 Å². The third-order valence-corrected chi connectivity index (χ3v) is 4.73. The minimum Gasteiger partial charge on any atom is -0.352 e. The monoisotopic (exact) mass is 309 g/mol. The van der Waals surface area contributed by atoms with Crippen LogP contribution in [0.3, 0.4) is 0 Å². The summed E-state index contributed by atoms with van der Waals surface area (Å²) in [6.07, 6.45) is 6.79. The van der Waals surface area contributed by atoms with Crippen molar-refractivity contribution in [1.82, 2.24) is 20.4 Å². The highest BCUT2D eigenvalue weighted by Gasteiger charge is 2.26. The van der Waals surface area contributed by atoms with Crippen molar-refractivity contribution in [2.45, 2.75) is 38.1 Å². The number of carbonyl (C=O) groups excluding carboxylic acids is 1. The molecule has 1 saturated heterocycles. The number of likely N-dealkylation sites (N-methyl/N-ethyl adjacent to an activating group) is 1. The summed E-state index contributed by atoms with van der Waals surface area (Å²) in [5, 5.41) is 6.54. The molecule has 1 heterocycles. The van der Waals surface area contributed by atoms with Gasteiger partial charge in [0.25, 0.3) is 0 Å². The first kappa shape index (κ1) is 17.1. The van der Waals surface area contributed by atoms with Crippen molar-refractivity contribution in [1.29, 1.82) is 0 Å². The Morgan fingerprint density at radius 2 is 2.00 bits per heavy atom. The van der Waals surface area contributed by atoms with Crippen molar-refractivity contribution < 1.29 is 4.79 Å². The molecule has 1 aliphatic carbocycles. The summed E-state index contributed by atoms with van der Waals surface area (Å²) in [4.78, 5) is 20.0. The van der Waals surface area contributed by atoms with Gasteiger partial charge in [0, 0.05) is 46.8 Å². The highest BCUT2D eigenvalue weighted by Crippen LogP contribution is 2.26. The van der Waals surface area contributed by atoms with E-state index in [2.05, 4.69) is 20.5 Å². The van der Waals surface area contributed by atoms with Crippen LogP contribution >= 0.6 is 0 Å². The number of rotatable bonds is 5. The summed E-state index contributed by atoms with van der Waals surface area (Å²) >= 11 is 0. The lowest BCUT2D eigenvalue weighted by Gasteiger charge is -2.21. The quantitative estimate of drug-likeness (QED) is 0.574. The average Bonchev–Trinajstić information content (AvgIpc) is 3.15. The van der Waals surface area contributed by atoms with Crippen LogP contribution in [0, 0.1) is 5.92 Å². The van der Waals surface area contributed by atoms with Crippen LogP contribution in [0.15, 0.2) is 4.99 Å². The predicted octanol–water partition coefficient (Wildman–Crippen LogP) is 0.504. The van der Waals surface area contributed by atoms with Crippen LogP contribution in [0.5, 0.6) is 0 Å². The van der Waals surface area contributed by atoms with E-state index in [1.165, 1.54) is 38.8 Å². The van der Waals surface area contributed by atoms with E-state index >= 15 is 0 Å². The minimum atomic E-state index is 0.0530. The zero-order chi connectivity index (χ0) is 15.9. The molecule has 0 bridgehead atoms. The van der Waals surface area contributed by atoms with Gasteiger partial charge in [-0.05, 0) is 25.2 Å². The van der Waals surface area contributed by atoms with Crippen molar-refractivity contribution in [3.63, 3.8) is 0 Å². The highest BCUT2D eigenvalue weighted by molar-refractivity contribution is 5.86. The summed E-state index contributed by atoms with van der Waals surface area (Å²) in [6.45, 7) is 3.79. The largest absolute Gasteiger partial charge is 0.352 e. The zero-order valence-electron chi connectivity index (χ0n) is 14.3. The molecule has 0 aromatic rings. The van der Waals surface area contributed by atoms with Crippen LogP contribution in [0.25, 0.3) is 0 Å². The van der Waals surface area contributed by atoms with E-state index in [0.717, 1.165) is 24.8 Å². The van der Waals surface area contributed by atoms with E-state index in [-0.39, 0.29) is 12.5 Å². The molecular weight excluding hydrogens is 278 g/mol. The van der Waals surface area contributed by atoms with E-state index in [4.69, 9.17) is 0 Å². The third kappa shape index (κ3) is 5.16. The maximum Gasteiger partial charge on any atom is 0.241 e. The Morgan fingerprint density at radius 3 is 2.64 bits per heavy atom. The van der Waals surface area contributed by atoms with Crippen LogP contribution < -0.4 is 10.6 Å². The second-order valence-electron chi connectivity index (χ2n) is 6.75. The topological polar surface area (TPSA) is 60.0 Å². The fourth-order valence-electron chi connectivity index (χ4n) is 3.38. The molecule has 1 unspecified atom stereocenters. The van der Waals surface area contributed by atoms with Gasteiger partial charge in [-0.3, -0.25) is 9.79 Å². The Balaban J connectivity index is 1.69. The molecule has 0 aromatic carbocycles. The lowest BCUT2D eigenvalue weighted by molar-refractivity contribution is -0.127. The number of hydrogen-bond acceptors (Lipinski definition) is 3. The molecule has 2 rings (SSSR count). The van der Waals surface area contributed by atoms with Crippen LogP contribution in [0.1, 0.15) is 32.1 Å². The van der Waals surface area contributed by atoms with Gasteiger partial charge in [0.15, 0.2) is 5.96 Å². The van der Waals surface area contributed by atoms with Crippen LogP contribution in [-0.4, -0.2) is 75.0 Å². The van der Waals surface area contributed by atoms with E-state index in [1.807, 2.05) is 0 Å². The molecule has 0 aromatic heterocycles. The van der Waals surface area contributed by atoms with Gasteiger partial charge in [0.2, 0.25) is 5.91 Å². The molecule has 2 fully saturated rings. The van der Waals surface area contributed by atoms with Gasteiger partial charge in [-0.1, -0.05) is 12.8 Å². The van der Waals surface area contributed by atoms with Crippen LogP contribution in [-0.2, 0) is 4.79 Å². The number of carbonyl (C=O) groups is 1. The van der Waals surface area contributed by atoms with Crippen molar-refractivity contribution in [3.05, 3.63) is 0 Å². The van der Waals surface area contributed by atoms with Crippen LogP contribution in [0.4, 0.5) is 0 Å². The van der Waals surface area contributed by atoms with Crippen molar-refractivity contribution in [3.8, 4) is 0 Å². The maximum atomic E-state index is 11.6. The Labute approximate surface area is 134 Å². The SMILES string of the molecule is CN=C(NCC(=O)N(C)C)NC1CCN(CC2CCCC2)C1. The van der Waals surface area contributed by atoms with E-state index < -0.39 is 0 Å². The first-order valence-electron chi connectivity index (χ1n) is 8.48. The van der Waals surface area contributed by atoms with Gasteiger partial charge in [-0.15, -0.1) is 0 Å². The number of aliphatic imine (C=N–C) groups is 1. The number of hydrogen-bond donors (Lipinski definition) is 2. The first-order chi connectivity index (χ1) is 10.6. The summed E-state index contributed by atoms with van der Waals surface area (Å²) in [6, 6.07) is 0.432. The minimum absolute atomic E-state index is 0.0530. The summed E-state index contributed by atoms with van der Waals surface area (Å²) in [5.74, 6) is 1.69. The zero-order valence-corrected chi connectivity index (χ0v) is 14.3. The number of amides is 1. The Hall–Kier alpha value is -1.30. The van der Waals surface area contributed by atoms with Gasteiger partial charge in [-0.2, -0.15) is 0 Å². The number of guanidine groups is 1. The second-order valence-corrected chi connectivity index (χ2v) is 6.75. The molecule has 6 nitrogen and oxygen atoms in total. The van der Waals surface area contributed by atoms with E-state index in [1.54, 1.807) is 26.0 Å². The first-order valence-corrected chi connectivity index (χ1v) is 8.48. The van der Waals surface area contributed by atoms with Crippen LogP contribution in [0.2, 0.25) is 0 Å². The lowest BCUT2D eigenvalue weighted by Crippen LogP contribution is -2.47. The fourth-order valence-corrected chi connectivity index (χ4v) is 3.38. The highest BCUT2D eigenvalue weighted by atomic mass is 16.2. The van der Waals surface area contributed by atoms with Gasteiger partial charge in [-0.25, -0.2) is 0 Å². The normalized spacial score (nSPS) is 23.8. The molecule has 0 spiro atoms. The maximum absolute atomic E-state index is 11.6. The molecule has 1 aliphatic heterocycles. The Kier molecular flexibility index (Phi) is 6.49. The molecule has 22 heavy (non-hydrogen) atoms. The average molecular weight is 309 g/mol. The molecular formula is C16H31N5O. The second kappa shape index (κ2) is 8.36. The lowest BCUT2D eigenvalue weighted by atomic mass is 10.1. The Morgan fingerprint density at radius 1 is 1.27 bits per heavy atom. The molecule has 1 amide bonds. The van der Waals surface area contributed by atoms with Gasteiger partial charge in [0.1, 0.15) is 0 Å². The van der Waals surface area contributed by atoms with Gasteiger partial charge in [0.05, 0.1) is 6.54 Å². The smallest absolute Gasteiger partial charge is 0.241 e. The number of nitrogens with one attached hydrogen (secondary N) is 2. The molecule has 2 aliphatic rings. The number of likely N-dealkylation sites (tertiary alicyclic amines) is 1. The van der Waals surface area contributed by atoms with E-state index in [0.29, 0.717) is 6.04 Å².